The molecule has 21 heavy (non-hydrogen) atoms. The maximum absolute atomic E-state index is 12.7. The zero-order valence-electron chi connectivity index (χ0n) is 11.5. The zero-order chi connectivity index (χ0) is 14.8. The van der Waals surface area contributed by atoms with E-state index in [2.05, 4.69) is 5.10 Å². The van der Waals surface area contributed by atoms with Gasteiger partial charge in [-0.25, -0.2) is 4.68 Å². The molecule has 0 radical (unpaired) electrons. The summed E-state index contributed by atoms with van der Waals surface area (Å²) in [6.07, 6.45) is 1.63. The van der Waals surface area contributed by atoms with Crippen molar-refractivity contribution in [2.75, 3.05) is 0 Å². The SMILES string of the molecule is Cc1cc(C(=O)c2ccnn2-c2ccccc2)ccc1Cl. The fraction of sp³-hybridized carbons (Fsp3) is 0.0588. The average molecular weight is 297 g/mol. The number of halogens is 1. The quantitative estimate of drug-likeness (QED) is 0.683. The number of carbonyl (C=O) groups excluding carboxylic acids is 1. The topological polar surface area (TPSA) is 34.9 Å². The summed E-state index contributed by atoms with van der Waals surface area (Å²) in [4.78, 5) is 12.7. The predicted molar refractivity (Wildman–Crippen MR) is 83.2 cm³/mol. The van der Waals surface area contributed by atoms with E-state index in [1.807, 2.05) is 37.3 Å². The van der Waals surface area contributed by atoms with Crippen LogP contribution in [0.15, 0.2) is 60.8 Å². The van der Waals surface area contributed by atoms with Gasteiger partial charge in [-0.2, -0.15) is 5.10 Å². The van der Waals surface area contributed by atoms with E-state index < -0.39 is 0 Å². The van der Waals surface area contributed by atoms with Gasteiger partial charge >= 0.3 is 0 Å². The van der Waals surface area contributed by atoms with Crippen LogP contribution in [-0.4, -0.2) is 15.6 Å². The smallest absolute Gasteiger partial charge is 0.211 e. The zero-order valence-corrected chi connectivity index (χ0v) is 12.2. The normalized spacial score (nSPS) is 10.6. The molecule has 0 saturated carbocycles. The van der Waals surface area contributed by atoms with Crippen LogP contribution < -0.4 is 0 Å². The molecule has 0 atom stereocenters. The first-order valence-electron chi connectivity index (χ1n) is 6.57. The third kappa shape index (κ3) is 2.60. The fourth-order valence-electron chi connectivity index (χ4n) is 2.18. The number of carbonyl (C=O) groups is 1. The van der Waals surface area contributed by atoms with Crippen LogP contribution in [0.5, 0.6) is 0 Å². The van der Waals surface area contributed by atoms with E-state index in [0.29, 0.717) is 16.3 Å². The van der Waals surface area contributed by atoms with E-state index in [4.69, 9.17) is 11.6 Å². The largest absolute Gasteiger partial charge is 0.287 e. The maximum Gasteiger partial charge on any atom is 0.211 e. The molecule has 0 unspecified atom stereocenters. The first-order chi connectivity index (χ1) is 10.2. The van der Waals surface area contributed by atoms with E-state index in [-0.39, 0.29) is 5.78 Å². The molecule has 0 fully saturated rings. The molecule has 0 amide bonds. The van der Waals surface area contributed by atoms with Gasteiger partial charge in [-0.15, -0.1) is 0 Å². The van der Waals surface area contributed by atoms with Crippen molar-refractivity contribution < 1.29 is 4.79 Å². The van der Waals surface area contributed by atoms with Gasteiger partial charge in [0.05, 0.1) is 11.9 Å². The number of rotatable bonds is 3. The second-order valence-electron chi connectivity index (χ2n) is 4.76. The molecule has 104 valence electrons. The lowest BCUT2D eigenvalue weighted by Gasteiger charge is -2.07. The van der Waals surface area contributed by atoms with Crippen LogP contribution in [0.25, 0.3) is 5.69 Å². The molecule has 0 saturated heterocycles. The molecule has 3 aromatic rings. The van der Waals surface area contributed by atoms with Crippen LogP contribution in [0.3, 0.4) is 0 Å². The Morgan fingerprint density at radius 3 is 2.57 bits per heavy atom. The summed E-state index contributed by atoms with van der Waals surface area (Å²) in [6.45, 7) is 1.88. The molecule has 1 heterocycles. The monoisotopic (exact) mass is 296 g/mol. The summed E-state index contributed by atoms with van der Waals surface area (Å²) >= 11 is 6.01. The summed E-state index contributed by atoms with van der Waals surface area (Å²) in [5.41, 5.74) is 2.88. The molecule has 3 rings (SSSR count). The van der Waals surface area contributed by atoms with Gasteiger partial charge in [0.2, 0.25) is 5.78 Å². The highest BCUT2D eigenvalue weighted by atomic mass is 35.5. The Balaban J connectivity index is 2.03. The van der Waals surface area contributed by atoms with Crippen LogP contribution in [-0.2, 0) is 0 Å². The highest BCUT2D eigenvalue weighted by Crippen LogP contribution is 2.19. The number of nitrogens with zero attached hydrogens (tertiary/aromatic N) is 2. The first kappa shape index (κ1) is 13.6. The Bertz CT molecular complexity index is 794. The lowest BCUT2D eigenvalue weighted by atomic mass is 10.1. The molecule has 0 bridgehead atoms. The Morgan fingerprint density at radius 2 is 1.86 bits per heavy atom. The van der Waals surface area contributed by atoms with Crippen LogP contribution >= 0.6 is 11.6 Å². The van der Waals surface area contributed by atoms with Crippen LogP contribution in [0, 0.1) is 6.92 Å². The molecule has 2 aromatic carbocycles. The van der Waals surface area contributed by atoms with Crippen molar-refractivity contribution in [1.29, 1.82) is 0 Å². The molecule has 3 nitrogen and oxygen atoms in total. The van der Waals surface area contributed by atoms with Gasteiger partial charge in [0, 0.05) is 10.6 Å². The standard InChI is InChI=1S/C17H13ClN2O/c1-12-11-13(7-8-15(12)18)17(21)16-9-10-19-20(16)14-5-3-2-4-6-14/h2-11H,1H3. The molecule has 4 heteroatoms. The number of aromatic nitrogens is 2. The van der Waals surface area contributed by atoms with Crippen LogP contribution in [0.1, 0.15) is 21.6 Å². The van der Waals surface area contributed by atoms with E-state index in [1.165, 1.54) is 0 Å². The Morgan fingerprint density at radius 1 is 1.10 bits per heavy atom. The van der Waals surface area contributed by atoms with E-state index in [9.17, 15) is 4.79 Å². The number of aryl methyl sites for hydroxylation is 1. The molecule has 0 N–H and O–H groups in total. The third-order valence-electron chi connectivity index (χ3n) is 3.30. The molecule has 0 aliphatic rings. The van der Waals surface area contributed by atoms with Crippen molar-refractivity contribution in [3.63, 3.8) is 0 Å². The summed E-state index contributed by atoms with van der Waals surface area (Å²) in [5.74, 6) is -0.0730. The first-order valence-corrected chi connectivity index (χ1v) is 6.95. The maximum atomic E-state index is 12.7. The second kappa shape index (κ2) is 5.54. The van der Waals surface area contributed by atoms with Crippen molar-refractivity contribution in [2.45, 2.75) is 6.92 Å². The minimum Gasteiger partial charge on any atom is -0.287 e. The van der Waals surface area contributed by atoms with Gasteiger partial charge in [0.25, 0.3) is 0 Å². The second-order valence-corrected chi connectivity index (χ2v) is 5.16. The Hall–Kier alpha value is -2.39. The van der Waals surface area contributed by atoms with E-state index in [1.54, 1.807) is 35.1 Å². The number of hydrogen-bond acceptors (Lipinski definition) is 2. The molecule has 0 aliphatic heterocycles. The minimum absolute atomic E-state index is 0.0730. The van der Waals surface area contributed by atoms with Gasteiger partial charge in [-0.05, 0) is 48.9 Å². The predicted octanol–water partition coefficient (Wildman–Crippen LogP) is 4.07. The van der Waals surface area contributed by atoms with E-state index in [0.717, 1.165) is 11.3 Å². The van der Waals surface area contributed by atoms with Crippen LogP contribution in [0.2, 0.25) is 5.02 Å². The van der Waals surface area contributed by atoms with Gasteiger partial charge in [-0.1, -0.05) is 29.8 Å². The number of benzene rings is 2. The molecule has 0 aliphatic carbocycles. The third-order valence-corrected chi connectivity index (χ3v) is 3.72. The molecular weight excluding hydrogens is 284 g/mol. The summed E-state index contributed by atoms with van der Waals surface area (Å²) in [5, 5.41) is 4.90. The van der Waals surface area contributed by atoms with Gasteiger partial charge in [0.15, 0.2) is 0 Å². The minimum atomic E-state index is -0.0730. The summed E-state index contributed by atoms with van der Waals surface area (Å²) in [7, 11) is 0. The fourth-order valence-corrected chi connectivity index (χ4v) is 2.30. The number of hydrogen-bond donors (Lipinski definition) is 0. The highest BCUT2D eigenvalue weighted by Gasteiger charge is 2.16. The average Bonchev–Trinajstić information content (AvgIpc) is 2.99. The van der Waals surface area contributed by atoms with Crippen molar-refractivity contribution in [1.82, 2.24) is 9.78 Å². The lowest BCUT2D eigenvalue weighted by Crippen LogP contribution is -2.10. The van der Waals surface area contributed by atoms with Gasteiger partial charge in [-0.3, -0.25) is 4.79 Å². The lowest BCUT2D eigenvalue weighted by molar-refractivity contribution is 0.103. The summed E-state index contributed by atoms with van der Waals surface area (Å²) in [6, 6.07) is 16.6. The van der Waals surface area contributed by atoms with Crippen molar-refractivity contribution in [3.8, 4) is 5.69 Å². The highest BCUT2D eigenvalue weighted by molar-refractivity contribution is 6.31. The number of ketones is 1. The molecule has 1 aromatic heterocycles. The molecular formula is C17H13ClN2O. The van der Waals surface area contributed by atoms with Crippen molar-refractivity contribution in [3.05, 3.63) is 82.6 Å². The van der Waals surface area contributed by atoms with Gasteiger partial charge in [0.1, 0.15) is 5.69 Å². The van der Waals surface area contributed by atoms with E-state index >= 15 is 0 Å². The van der Waals surface area contributed by atoms with Gasteiger partial charge < -0.3 is 0 Å². The molecule has 0 spiro atoms. The van der Waals surface area contributed by atoms with Crippen molar-refractivity contribution >= 4 is 17.4 Å². The van der Waals surface area contributed by atoms with Crippen LogP contribution in [0.4, 0.5) is 0 Å². The van der Waals surface area contributed by atoms with Crippen molar-refractivity contribution in [2.24, 2.45) is 0 Å². The Kier molecular flexibility index (Phi) is 3.59. The Labute approximate surface area is 127 Å². The summed E-state index contributed by atoms with van der Waals surface area (Å²) < 4.78 is 1.65. The number of para-hydroxylation sites is 1.